The summed E-state index contributed by atoms with van der Waals surface area (Å²) in [5.74, 6) is 0. The Morgan fingerprint density at radius 2 is 2.36 bits per heavy atom. The summed E-state index contributed by atoms with van der Waals surface area (Å²) in [6, 6.07) is 0. The van der Waals surface area contributed by atoms with Gasteiger partial charge in [0.05, 0.1) is 0 Å². The zero-order chi connectivity index (χ0) is 8.27. The Hall–Kier alpha value is -1.31. The molecule has 2 heteroatoms. The first kappa shape index (κ1) is 7.79. The van der Waals surface area contributed by atoms with Gasteiger partial charge >= 0.3 is 0 Å². The third kappa shape index (κ3) is 2.08. The van der Waals surface area contributed by atoms with Gasteiger partial charge < -0.3 is 11.1 Å². The number of allylic oxidation sites excluding steroid dienone is 5. The molecule has 0 saturated heterocycles. The quantitative estimate of drug-likeness (QED) is 0.552. The SMILES string of the molecule is CC1=CC=C(N)CC(C=N)=C1.[HH]. The lowest BCUT2D eigenvalue weighted by Gasteiger charge is -1.97. The van der Waals surface area contributed by atoms with E-state index in [1.807, 2.05) is 25.2 Å². The van der Waals surface area contributed by atoms with Gasteiger partial charge in [-0.2, -0.15) is 0 Å². The van der Waals surface area contributed by atoms with Gasteiger partial charge in [-0.3, -0.25) is 0 Å². The van der Waals surface area contributed by atoms with E-state index >= 15 is 0 Å². The van der Waals surface area contributed by atoms with Crippen molar-refractivity contribution in [1.82, 2.24) is 0 Å². The fourth-order valence-corrected chi connectivity index (χ4v) is 1.02. The first-order valence-electron chi connectivity index (χ1n) is 3.56. The molecule has 0 heterocycles. The largest absolute Gasteiger partial charge is 0.402 e. The summed E-state index contributed by atoms with van der Waals surface area (Å²) in [6.45, 7) is 2.00. The lowest BCUT2D eigenvalue weighted by atomic mass is 10.1. The number of rotatable bonds is 1. The molecule has 0 unspecified atom stereocenters. The highest BCUT2D eigenvalue weighted by molar-refractivity contribution is 5.77. The Bertz CT molecular complexity index is 262. The maximum atomic E-state index is 7.07. The van der Waals surface area contributed by atoms with E-state index in [0.29, 0.717) is 6.42 Å². The second kappa shape index (κ2) is 3.19. The van der Waals surface area contributed by atoms with E-state index in [1.54, 1.807) is 0 Å². The van der Waals surface area contributed by atoms with E-state index in [0.717, 1.165) is 16.8 Å². The van der Waals surface area contributed by atoms with Crippen LogP contribution in [-0.4, -0.2) is 6.21 Å². The Morgan fingerprint density at radius 3 is 3.00 bits per heavy atom. The van der Waals surface area contributed by atoms with E-state index in [1.165, 1.54) is 6.21 Å². The molecule has 2 nitrogen and oxygen atoms in total. The number of nitrogens with two attached hydrogens (primary N) is 1. The van der Waals surface area contributed by atoms with Crippen LogP contribution in [0.4, 0.5) is 0 Å². The van der Waals surface area contributed by atoms with Crippen LogP contribution in [0.25, 0.3) is 0 Å². The Morgan fingerprint density at radius 1 is 1.64 bits per heavy atom. The van der Waals surface area contributed by atoms with Crippen LogP contribution < -0.4 is 5.73 Å². The molecule has 0 atom stereocenters. The summed E-state index contributed by atoms with van der Waals surface area (Å²) in [5, 5.41) is 7.07. The van der Waals surface area contributed by atoms with Crippen molar-refractivity contribution < 1.29 is 1.43 Å². The van der Waals surface area contributed by atoms with Gasteiger partial charge in [0.2, 0.25) is 0 Å². The number of nitrogens with one attached hydrogen (secondary N) is 1. The van der Waals surface area contributed by atoms with Gasteiger partial charge in [-0.1, -0.05) is 17.7 Å². The molecule has 0 spiro atoms. The van der Waals surface area contributed by atoms with Crippen LogP contribution in [0.5, 0.6) is 0 Å². The summed E-state index contributed by atoms with van der Waals surface area (Å²) in [5.41, 5.74) is 8.56. The van der Waals surface area contributed by atoms with Crippen LogP contribution in [-0.2, 0) is 0 Å². The van der Waals surface area contributed by atoms with Crippen molar-refractivity contribution in [2.24, 2.45) is 5.73 Å². The standard InChI is InChI=1S/C9H12N2.H2/c1-7-2-3-9(11)5-8(4-7)6-10;/h2-4,6,10H,5,11H2,1H3;1H. The van der Waals surface area contributed by atoms with Gasteiger partial charge in [0.25, 0.3) is 0 Å². The highest BCUT2D eigenvalue weighted by Gasteiger charge is 1.99. The molecular weight excluding hydrogens is 136 g/mol. The lowest BCUT2D eigenvalue weighted by molar-refractivity contribution is 1.14. The van der Waals surface area contributed by atoms with E-state index in [4.69, 9.17) is 11.1 Å². The van der Waals surface area contributed by atoms with Gasteiger partial charge in [0.1, 0.15) is 0 Å². The predicted molar refractivity (Wildman–Crippen MR) is 49.6 cm³/mol. The molecule has 0 aromatic heterocycles. The fraction of sp³-hybridized carbons (Fsp3) is 0.222. The minimum Gasteiger partial charge on any atom is -0.402 e. The molecular formula is C9H14N2. The molecule has 0 amide bonds. The van der Waals surface area contributed by atoms with Crippen LogP contribution in [0.15, 0.2) is 35.1 Å². The monoisotopic (exact) mass is 150 g/mol. The fourth-order valence-electron chi connectivity index (χ4n) is 1.02. The van der Waals surface area contributed by atoms with Crippen LogP contribution in [0.2, 0.25) is 0 Å². The molecule has 1 rings (SSSR count). The zero-order valence-corrected chi connectivity index (χ0v) is 6.59. The van der Waals surface area contributed by atoms with E-state index in [9.17, 15) is 0 Å². The third-order valence-electron chi connectivity index (χ3n) is 1.57. The molecule has 3 N–H and O–H groups in total. The van der Waals surface area contributed by atoms with Crippen molar-refractivity contribution in [3.8, 4) is 0 Å². The predicted octanol–water partition coefficient (Wildman–Crippen LogP) is 2.00. The third-order valence-corrected chi connectivity index (χ3v) is 1.57. The number of hydrogen-bond acceptors (Lipinski definition) is 2. The van der Waals surface area contributed by atoms with Crippen molar-refractivity contribution in [2.75, 3.05) is 0 Å². The molecule has 0 aromatic rings. The van der Waals surface area contributed by atoms with Crippen molar-refractivity contribution in [3.05, 3.63) is 35.1 Å². The second-order valence-electron chi connectivity index (χ2n) is 2.69. The highest BCUT2D eigenvalue weighted by atomic mass is 14.6. The molecule has 1 aliphatic carbocycles. The van der Waals surface area contributed by atoms with Gasteiger partial charge in [-0.15, -0.1) is 0 Å². The van der Waals surface area contributed by atoms with E-state index < -0.39 is 0 Å². The Kier molecular flexibility index (Phi) is 2.26. The lowest BCUT2D eigenvalue weighted by Crippen LogP contribution is -1.97. The van der Waals surface area contributed by atoms with Crippen LogP contribution in [0, 0.1) is 5.41 Å². The zero-order valence-electron chi connectivity index (χ0n) is 6.59. The van der Waals surface area contributed by atoms with Crippen molar-refractivity contribution in [2.45, 2.75) is 13.3 Å². The van der Waals surface area contributed by atoms with E-state index in [-0.39, 0.29) is 1.43 Å². The molecule has 0 aromatic carbocycles. The summed E-state index contributed by atoms with van der Waals surface area (Å²) in [6.07, 6.45) is 7.87. The minimum atomic E-state index is 0. The summed E-state index contributed by atoms with van der Waals surface area (Å²) < 4.78 is 0. The number of hydrogen-bond donors (Lipinski definition) is 2. The molecule has 0 aliphatic heterocycles. The molecule has 0 bridgehead atoms. The highest BCUT2D eigenvalue weighted by Crippen LogP contribution is 2.12. The molecule has 0 radical (unpaired) electrons. The van der Waals surface area contributed by atoms with Gasteiger partial charge in [-0.05, 0) is 18.6 Å². The maximum Gasteiger partial charge on any atom is 0.0213 e. The molecule has 60 valence electrons. The molecule has 0 saturated carbocycles. The van der Waals surface area contributed by atoms with Gasteiger partial charge in [0, 0.05) is 19.8 Å². The van der Waals surface area contributed by atoms with Crippen LogP contribution >= 0.6 is 0 Å². The molecule has 0 fully saturated rings. The first-order chi connectivity index (χ1) is 5.22. The van der Waals surface area contributed by atoms with Crippen LogP contribution in [0.1, 0.15) is 14.8 Å². The Labute approximate surface area is 68.1 Å². The van der Waals surface area contributed by atoms with Crippen molar-refractivity contribution in [3.63, 3.8) is 0 Å². The van der Waals surface area contributed by atoms with E-state index in [2.05, 4.69) is 0 Å². The summed E-state index contributed by atoms with van der Waals surface area (Å²) >= 11 is 0. The van der Waals surface area contributed by atoms with Crippen LogP contribution in [0.3, 0.4) is 0 Å². The average molecular weight is 150 g/mol. The normalized spacial score (nSPS) is 17.7. The summed E-state index contributed by atoms with van der Waals surface area (Å²) in [4.78, 5) is 0. The second-order valence-corrected chi connectivity index (χ2v) is 2.69. The topological polar surface area (TPSA) is 49.9 Å². The smallest absolute Gasteiger partial charge is 0.0213 e. The minimum absolute atomic E-state index is 0. The Balaban J connectivity index is 0.00000121. The summed E-state index contributed by atoms with van der Waals surface area (Å²) in [7, 11) is 0. The average Bonchev–Trinajstić information content (AvgIpc) is 2.13. The molecule has 1 aliphatic rings. The first-order valence-corrected chi connectivity index (χ1v) is 3.56. The molecule has 11 heavy (non-hydrogen) atoms. The van der Waals surface area contributed by atoms with Gasteiger partial charge in [0.15, 0.2) is 0 Å². The maximum absolute atomic E-state index is 7.07. The van der Waals surface area contributed by atoms with Crippen molar-refractivity contribution >= 4 is 6.21 Å². The van der Waals surface area contributed by atoms with Crippen molar-refractivity contribution in [1.29, 1.82) is 5.41 Å². The van der Waals surface area contributed by atoms with Gasteiger partial charge in [-0.25, -0.2) is 0 Å².